The Labute approximate surface area is 152 Å². The summed E-state index contributed by atoms with van der Waals surface area (Å²) in [6.45, 7) is 14.6. The van der Waals surface area contributed by atoms with Crippen LogP contribution in [0.15, 0.2) is 25.3 Å². The molecule has 25 heavy (non-hydrogen) atoms. The van der Waals surface area contributed by atoms with Crippen molar-refractivity contribution in [1.82, 2.24) is 19.6 Å². The predicted molar refractivity (Wildman–Crippen MR) is 103 cm³/mol. The fourth-order valence-corrected chi connectivity index (χ4v) is 3.57. The Morgan fingerprint density at radius 1 is 1.32 bits per heavy atom. The molecule has 0 saturated carbocycles. The van der Waals surface area contributed by atoms with Crippen molar-refractivity contribution in [2.45, 2.75) is 45.7 Å². The molecule has 1 amide bonds. The van der Waals surface area contributed by atoms with Gasteiger partial charge in [0.1, 0.15) is 0 Å². The van der Waals surface area contributed by atoms with E-state index in [1.54, 1.807) is 19.0 Å². The molecule has 0 bridgehead atoms. The highest BCUT2D eigenvalue weighted by Gasteiger charge is 2.31. The molecule has 0 aliphatic heterocycles. The number of hydrogen-bond donors (Lipinski definition) is 0. The molecular weight excluding hydrogens is 312 g/mol. The van der Waals surface area contributed by atoms with E-state index in [1.807, 2.05) is 12.2 Å². The zero-order chi connectivity index (χ0) is 18.6. The highest BCUT2D eigenvalue weighted by molar-refractivity contribution is 5.93. The summed E-state index contributed by atoms with van der Waals surface area (Å²) >= 11 is 0. The van der Waals surface area contributed by atoms with Gasteiger partial charge in [0.15, 0.2) is 5.69 Å². The van der Waals surface area contributed by atoms with Crippen LogP contribution in [0.4, 0.5) is 0 Å². The summed E-state index contributed by atoms with van der Waals surface area (Å²) in [6.07, 6.45) is 6.78. The lowest BCUT2D eigenvalue weighted by Gasteiger charge is -2.33. The molecule has 0 spiro atoms. The lowest BCUT2D eigenvalue weighted by molar-refractivity contribution is 0.0819. The molecule has 1 aliphatic carbocycles. The molecule has 0 radical (unpaired) electrons. The third-order valence-electron chi connectivity index (χ3n) is 4.71. The van der Waals surface area contributed by atoms with Crippen LogP contribution in [0.5, 0.6) is 0 Å². The minimum Gasteiger partial charge on any atom is -0.343 e. The minimum absolute atomic E-state index is 0.00148. The fraction of sp³-hybridized carbons (Fsp3) is 0.600. The second-order valence-corrected chi connectivity index (χ2v) is 7.48. The maximum absolute atomic E-state index is 12.6. The van der Waals surface area contributed by atoms with Gasteiger partial charge < -0.3 is 4.90 Å². The van der Waals surface area contributed by atoms with Gasteiger partial charge in [-0.3, -0.25) is 14.4 Å². The lowest BCUT2D eigenvalue weighted by Crippen LogP contribution is -2.40. The van der Waals surface area contributed by atoms with Crippen molar-refractivity contribution in [3.63, 3.8) is 0 Å². The van der Waals surface area contributed by atoms with Gasteiger partial charge in [0.25, 0.3) is 5.91 Å². The van der Waals surface area contributed by atoms with Crippen LogP contribution < -0.4 is 0 Å². The molecule has 138 valence electrons. The molecule has 1 heterocycles. The summed E-state index contributed by atoms with van der Waals surface area (Å²) in [6, 6.07) is 0.397. The van der Waals surface area contributed by atoms with Crippen LogP contribution in [0.2, 0.25) is 0 Å². The molecule has 2 rings (SSSR count). The van der Waals surface area contributed by atoms with E-state index in [1.165, 1.54) is 5.69 Å². The maximum atomic E-state index is 12.6. The summed E-state index contributed by atoms with van der Waals surface area (Å²) in [7, 11) is 3.58. The van der Waals surface area contributed by atoms with E-state index in [0.29, 0.717) is 17.7 Å². The molecule has 1 atom stereocenters. The third-order valence-corrected chi connectivity index (χ3v) is 4.71. The summed E-state index contributed by atoms with van der Waals surface area (Å²) in [5.41, 5.74) is 3.00. The maximum Gasteiger partial charge on any atom is 0.274 e. The third kappa shape index (κ3) is 4.40. The number of aromatic nitrogens is 2. The minimum atomic E-state index is -0.00148. The first-order chi connectivity index (χ1) is 11.9. The van der Waals surface area contributed by atoms with E-state index < -0.39 is 0 Å². The summed E-state index contributed by atoms with van der Waals surface area (Å²) < 4.78 is 2.07. The van der Waals surface area contributed by atoms with Crippen LogP contribution in [-0.2, 0) is 19.4 Å². The summed E-state index contributed by atoms with van der Waals surface area (Å²) in [4.78, 5) is 16.7. The summed E-state index contributed by atoms with van der Waals surface area (Å²) in [5.74, 6) is 0.500. The number of nitrogens with zero attached hydrogens (tertiary/aromatic N) is 4. The largest absolute Gasteiger partial charge is 0.343 e. The molecule has 0 aromatic carbocycles. The molecule has 5 heteroatoms. The standard InChI is InChI=1S/C20H32N4O/c1-7-11-23(12-8-2)16-9-10-18-17(13-16)19(20(25)22(5)6)21-24(18)14-15(3)4/h7-8,15-16H,1-2,9-14H2,3-6H3. The van der Waals surface area contributed by atoms with Crippen molar-refractivity contribution < 1.29 is 4.79 Å². The number of carbonyl (C=O) groups is 1. The normalized spacial score (nSPS) is 16.8. The van der Waals surface area contributed by atoms with Crippen LogP contribution >= 0.6 is 0 Å². The van der Waals surface area contributed by atoms with Gasteiger partial charge in [-0.05, 0) is 25.2 Å². The first-order valence-electron chi connectivity index (χ1n) is 9.15. The quantitative estimate of drug-likeness (QED) is 0.681. The van der Waals surface area contributed by atoms with E-state index in [-0.39, 0.29) is 5.91 Å². The van der Waals surface area contributed by atoms with Crippen LogP contribution in [0.1, 0.15) is 42.0 Å². The Morgan fingerprint density at radius 3 is 2.48 bits per heavy atom. The van der Waals surface area contributed by atoms with Gasteiger partial charge in [-0.1, -0.05) is 26.0 Å². The Bertz CT molecular complexity index is 620. The molecule has 1 aromatic heterocycles. The van der Waals surface area contributed by atoms with Gasteiger partial charge in [-0.25, -0.2) is 0 Å². The van der Waals surface area contributed by atoms with Crippen molar-refractivity contribution in [2.24, 2.45) is 5.92 Å². The van der Waals surface area contributed by atoms with Gasteiger partial charge in [-0.2, -0.15) is 5.10 Å². The fourth-order valence-electron chi connectivity index (χ4n) is 3.57. The van der Waals surface area contributed by atoms with Crippen LogP contribution in [0.25, 0.3) is 0 Å². The average Bonchev–Trinajstić information content (AvgIpc) is 2.91. The van der Waals surface area contributed by atoms with Crippen LogP contribution in [0.3, 0.4) is 0 Å². The second kappa shape index (κ2) is 8.48. The average molecular weight is 345 g/mol. The molecule has 1 aromatic rings. The summed E-state index contributed by atoms with van der Waals surface area (Å²) in [5, 5.41) is 4.71. The number of carbonyl (C=O) groups excluding carboxylic acids is 1. The van der Waals surface area contributed by atoms with Crippen molar-refractivity contribution in [2.75, 3.05) is 27.2 Å². The highest BCUT2D eigenvalue weighted by atomic mass is 16.2. The molecule has 5 nitrogen and oxygen atoms in total. The van der Waals surface area contributed by atoms with Crippen molar-refractivity contribution in [3.8, 4) is 0 Å². The predicted octanol–water partition coefficient (Wildman–Crippen LogP) is 2.77. The first-order valence-corrected chi connectivity index (χ1v) is 9.15. The van der Waals surface area contributed by atoms with Gasteiger partial charge in [0.2, 0.25) is 0 Å². The molecular formula is C20H32N4O. The zero-order valence-corrected chi connectivity index (χ0v) is 16.2. The first kappa shape index (κ1) is 19.4. The van der Waals surface area contributed by atoms with Crippen LogP contribution in [-0.4, -0.2) is 58.7 Å². The van der Waals surface area contributed by atoms with E-state index in [4.69, 9.17) is 5.10 Å². The Morgan fingerprint density at radius 2 is 1.96 bits per heavy atom. The van der Waals surface area contributed by atoms with Crippen molar-refractivity contribution >= 4 is 5.91 Å². The highest BCUT2D eigenvalue weighted by Crippen LogP contribution is 2.28. The monoisotopic (exact) mass is 344 g/mol. The molecule has 0 fully saturated rings. The number of fused-ring (bicyclic) bond motifs is 1. The van der Waals surface area contributed by atoms with Gasteiger partial charge in [0.05, 0.1) is 0 Å². The van der Waals surface area contributed by atoms with Gasteiger partial charge >= 0.3 is 0 Å². The Kier molecular flexibility index (Phi) is 6.59. The number of amides is 1. The Hall–Kier alpha value is -1.88. The topological polar surface area (TPSA) is 41.4 Å². The zero-order valence-electron chi connectivity index (χ0n) is 16.2. The van der Waals surface area contributed by atoms with Crippen molar-refractivity contribution in [1.29, 1.82) is 0 Å². The molecule has 1 aliphatic rings. The molecule has 0 saturated heterocycles. The van der Waals surface area contributed by atoms with Crippen molar-refractivity contribution in [3.05, 3.63) is 42.3 Å². The lowest BCUT2D eigenvalue weighted by atomic mass is 9.90. The SMILES string of the molecule is C=CCN(CC=C)C1CCc2c(c(C(=O)N(C)C)nn2CC(C)C)C1. The molecule has 1 unspecified atom stereocenters. The van der Waals surface area contributed by atoms with Gasteiger partial charge in [-0.15, -0.1) is 13.2 Å². The van der Waals surface area contributed by atoms with E-state index in [0.717, 1.165) is 44.5 Å². The van der Waals surface area contributed by atoms with E-state index >= 15 is 0 Å². The second-order valence-electron chi connectivity index (χ2n) is 7.48. The van der Waals surface area contributed by atoms with Gasteiger partial charge in [0, 0.05) is 51.0 Å². The van der Waals surface area contributed by atoms with E-state index in [9.17, 15) is 4.79 Å². The smallest absolute Gasteiger partial charge is 0.274 e. The number of hydrogen-bond acceptors (Lipinski definition) is 3. The number of rotatable bonds is 8. The van der Waals surface area contributed by atoms with Crippen LogP contribution in [0, 0.1) is 5.92 Å². The molecule has 0 N–H and O–H groups in total. The Balaban J connectivity index is 2.37. The van der Waals surface area contributed by atoms with E-state index in [2.05, 4.69) is 36.6 Å².